The number of rotatable bonds is 3. The molecule has 2 aliphatic rings. The Kier molecular flexibility index (Phi) is 5.76. The number of fused-ring (bicyclic) bond motifs is 1. The van der Waals surface area contributed by atoms with Gasteiger partial charge in [0.1, 0.15) is 0 Å². The van der Waals surface area contributed by atoms with Crippen molar-refractivity contribution >= 4 is 35.3 Å². The van der Waals surface area contributed by atoms with E-state index in [9.17, 15) is 9.59 Å². The van der Waals surface area contributed by atoms with Crippen molar-refractivity contribution in [1.29, 1.82) is 0 Å². The summed E-state index contributed by atoms with van der Waals surface area (Å²) in [5, 5.41) is 6.09. The molecular formula is C24H26N2O2S. The van der Waals surface area contributed by atoms with Crippen LogP contribution in [0.15, 0.2) is 52.3 Å². The molecule has 1 heterocycles. The predicted octanol–water partition coefficient (Wildman–Crippen LogP) is 5.39. The summed E-state index contributed by atoms with van der Waals surface area (Å²) in [4.78, 5) is 26.8. The van der Waals surface area contributed by atoms with Crippen LogP contribution in [0.25, 0.3) is 6.08 Å². The lowest BCUT2D eigenvalue weighted by Crippen LogP contribution is -2.37. The van der Waals surface area contributed by atoms with Crippen LogP contribution in [-0.4, -0.2) is 17.9 Å². The second-order valence-electron chi connectivity index (χ2n) is 8.12. The summed E-state index contributed by atoms with van der Waals surface area (Å²) in [5.74, 6) is 0.552. The molecule has 0 atom stereocenters. The van der Waals surface area contributed by atoms with E-state index in [0.717, 1.165) is 42.1 Å². The second kappa shape index (κ2) is 8.46. The number of amides is 2. The second-order valence-corrected chi connectivity index (χ2v) is 9.20. The molecule has 2 N–H and O–H groups in total. The minimum atomic E-state index is -0.137. The Bertz CT molecular complexity index is 957. The first-order chi connectivity index (χ1) is 14.0. The van der Waals surface area contributed by atoms with Gasteiger partial charge in [0.05, 0.1) is 10.6 Å². The van der Waals surface area contributed by atoms with Crippen LogP contribution in [0.5, 0.6) is 0 Å². The van der Waals surface area contributed by atoms with Gasteiger partial charge in [0, 0.05) is 16.5 Å². The first-order valence-corrected chi connectivity index (χ1v) is 11.0. The van der Waals surface area contributed by atoms with E-state index >= 15 is 0 Å². The van der Waals surface area contributed by atoms with Crippen LogP contribution in [0, 0.1) is 12.8 Å². The van der Waals surface area contributed by atoms with Crippen LogP contribution in [0.1, 0.15) is 54.1 Å². The van der Waals surface area contributed by atoms with Gasteiger partial charge in [0.25, 0.3) is 11.8 Å². The number of carbonyl (C=O) groups excluding carboxylic acids is 2. The number of hydrogen-bond donors (Lipinski definition) is 2. The highest BCUT2D eigenvalue weighted by molar-refractivity contribution is 8.04. The summed E-state index contributed by atoms with van der Waals surface area (Å²) in [7, 11) is 0. The Labute approximate surface area is 176 Å². The SMILES string of the molecule is Cc1ccc(C=C2Sc3ccc(C(=O)NC4CCC(C)CC4)cc3NC2=O)cc1. The Hall–Kier alpha value is -2.53. The van der Waals surface area contributed by atoms with Crippen LogP contribution in [-0.2, 0) is 4.79 Å². The number of benzene rings is 2. The first-order valence-electron chi connectivity index (χ1n) is 10.2. The molecule has 2 aromatic carbocycles. The maximum Gasteiger partial charge on any atom is 0.262 e. The lowest BCUT2D eigenvalue weighted by molar-refractivity contribution is -0.112. The van der Waals surface area contributed by atoms with Gasteiger partial charge in [-0.1, -0.05) is 48.5 Å². The molecule has 2 amide bonds. The third-order valence-electron chi connectivity index (χ3n) is 5.66. The van der Waals surface area contributed by atoms with Gasteiger partial charge in [-0.25, -0.2) is 0 Å². The van der Waals surface area contributed by atoms with Crippen molar-refractivity contribution in [3.05, 3.63) is 64.1 Å². The minimum Gasteiger partial charge on any atom is -0.349 e. The van der Waals surface area contributed by atoms with E-state index in [1.54, 1.807) is 6.07 Å². The van der Waals surface area contributed by atoms with Gasteiger partial charge in [-0.15, -0.1) is 0 Å². The maximum absolute atomic E-state index is 12.7. The largest absolute Gasteiger partial charge is 0.349 e. The van der Waals surface area contributed by atoms with Gasteiger partial charge in [0.2, 0.25) is 0 Å². The lowest BCUT2D eigenvalue weighted by Gasteiger charge is -2.27. The first kappa shape index (κ1) is 19.8. The fourth-order valence-electron chi connectivity index (χ4n) is 3.79. The smallest absolute Gasteiger partial charge is 0.262 e. The molecule has 0 radical (unpaired) electrons. The maximum atomic E-state index is 12.7. The molecular weight excluding hydrogens is 380 g/mol. The van der Waals surface area contributed by atoms with E-state index in [-0.39, 0.29) is 17.9 Å². The molecule has 0 aromatic heterocycles. The van der Waals surface area contributed by atoms with Crippen LogP contribution < -0.4 is 10.6 Å². The third-order valence-corrected chi connectivity index (χ3v) is 6.76. The van der Waals surface area contributed by atoms with Crippen LogP contribution >= 0.6 is 11.8 Å². The third kappa shape index (κ3) is 4.73. The summed E-state index contributed by atoms with van der Waals surface area (Å²) < 4.78 is 0. The predicted molar refractivity (Wildman–Crippen MR) is 119 cm³/mol. The molecule has 29 heavy (non-hydrogen) atoms. The number of thioether (sulfide) groups is 1. The molecule has 0 saturated heterocycles. The standard InChI is InChI=1S/C24H26N2O2S/c1-15-3-7-17(8-4-15)13-22-24(28)26-20-14-18(9-12-21(20)29-22)23(27)25-19-10-5-16(2)6-11-19/h3-4,7-9,12-14,16,19H,5-6,10-11H2,1-2H3,(H,25,27)(H,26,28). The average Bonchev–Trinajstić information content (AvgIpc) is 2.71. The van der Waals surface area contributed by atoms with Gasteiger partial charge in [-0.3, -0.25) is 9.59 Å². The van der Waals surface area contributed by atoms with E-state index in [4.69, 9.17) is 0 Å². The van der Waals surface area contributed by atoms with Gasteiger partial charge < -0.3 is 10.6 Å². The van der Waals surface area contributed by atoms with E-state index in [1.807, 2.05) is 49.4 Å². The van der Waals surface area contributed by atoms with Crippen molar-refractivity contribution in [2.75, 3.05) is 5.32 Å². The summed E-state index contributed by atoms with van der Waals surface area (Å²) in [6, 6.07) is 13.9. The summed E-state index contributed by atoms with van der Waals surface area (Å²) in [6.07, 6.45) is 6.30. The fourth-order valence-corrected chi connectivity index (χ4v) is 4.72. The number of aryl methyl sites for hydroxylation is 1. The number of nitrogens with one attached hydrogen (secondary N) is 2. The zero-order valence-electron chi connectivity index (χ0n) is 16.8. The van der Waals surface area contributed by atoms with Crippen molar-refractivity contribution in [1.82, 2.24) is 5.32 Å². The van der Waals surface area contributed by atoms with E-state index < -0.39 is 0 Å². The Morgan fingerprint density at radius 1 is 1.10 bits per heavy atom. The molecule has 0 spiro atoms. The molecule has 5 heteroatoms. The van der Waals surface area contributed by atoms with Crippen LogP contribution in [0.2, 0.25) is 0 Å². The molecule has 1 saturated carbocycles. The molecule has 150 valence electrons. The highest BCUT2D eigenvalue weighted by Gasteiger charge is 2.24. The van der Waals surface area contributed by atoms with E-state index in [2.05, 4.69) is 17.6 Å². The molecule has 0 unspecified atom stereocenters. The summed E-state index contributed by atoms with van der Waals surface area (Å²) in [5.41, 5.74) is 3.47. The zero-order valence-corrected chi connectivity index (χ0v) is 17.6. The number of carbonyl (C=O) groups is 2. The normalized spacial score (nSPS) is 22.7. The molecule has 0 bridgehead atoms. The topological polar surface area (TPSA) is 58.2 Å². The van der Waals surface area contributed by atoms with Crippen molar-refractivity contribution < 1.29 is 9.59 Å². The molecule has 1 aliphatic carbocycles. The minimum absolute atomic E-state index is 0.0624. The van der Waals surface area contributed by atoms with Crippen molar-refractivity contribution in [2.45, 2.75) is 50.5 Å². The van der Waals surface area contributed by atoms with Gasteiger partial charge in [-0.05, 0) is 68.4 Å². The summed E-state index contributed by atoms with van der Waals surface area (Å²) >= 11 is 1.44. The molecule has 1 fully saturated rings. The summed E-state index contributed by atoms with van der Waals surface area (Å²) in [6.45, 7) is 4.31. The Morgan fingerprint density at radius 3 is 2.55 bits per heavy atom. The Morgan fingerprint density at radius 2 is 1.83 bits per heavy atom. The average molecular weight is 407 g/mol. The van der Waals surface area contributed by atoms with E-state index in [1.165, 1.54) is 17.3 Å². The van der Waals surface area contributed by atoms with Gasteiger partial charge >= 0.3 is 0 Å². The number of hydrogen-bond acceptors (Lipinski definition) is 3. The molecule has 1 aliphatic heterocycles. The molecule has 4 rings (SSSR count). The Balaban J connectivity index is 1.47. The highest BCUT2D eigenvalue weighted by Crippen LogP contribution is 2.39. The molecule has 2 aromatic rings. The fraction of sp³-hybridized carbons (Fsp3) is 0.333. The monoisotopic (exact) mass is 406 g/mol. The van der Waals surface area contributed by atoms with Gasteiger partial charge in [0.15, 0.2) is 0 Å². The van der Waals surface area contributed by atoms with Crippen molar-refractivity contribution in [3.8, 4) is 0 Å². The van der Waals surface area contributed by atoms with E-state index in [0.29, 0.717) is 16.2 Å². The zero-order chi connectivity index (χ0) is 20.4. The van der Waals surface area contributed by atoms with Crippen molar-refractivity contribution in [2.24, 2.45) is 5.92 Å². The van der Waals surface area contributed by atoms with Crippen LogP contribution in [0.4, 0.5) is 5.69 Å². The van der Waals surface area contributed by atoms with Crippen molar-refractivity contribution in [3.63, 3.8) is 0 Å². The number of anilines is 1. The van der Waals surface area contributed by atoms with Crippen LogP contribution in [0.3, 0.4) is 0 Å². The van der Waals surface area contributed by atoms with Gasteiger partial charge in [-0.2, -0.15) is 0 Å². The lowest BCUT2D eigenvalue weighted by atomic mass is 9.87. The quantitative estimate of drug-likeness (QED) is 0.672. The molecule has 4 nitrogen and oxygen atoms in total. The highest BCUT2D eigenvalue weighted by atomic mass is 32.2.